The molecular formula is C15H20N2O3S. The number of nitrogens with one attached hydrogen (secondary N) is 2. The Morgan fingerprint density at radius 2 is 1.86 bits per heavy atom. The Hall–Kier alpha value is -1.69. The monoisotopic (exact) mass is 308 g/mol. The first-order valence-corrected chi connectivity index (χ1v) is 8.20. The summed E-state index contributed by atoms with van der Waals surface area (Å²) in [7, 11) is 0. The van der Waals surface area contributed by atoms with Crippen molar-refractivity contribution in [3.63, 3.8) is 0 Å². The number of rotatable bonds is 5. The minimum atomic E-state index is -0.978. The van der Waals surface area contributed by atoms with Crippen molar-refractivity contribution in [2.45, 2.75) is 30.4 Å². The Balaban J connectivity index is 1.85. The van der Waals surface area contributed by atoms with Crippen LogP contribution in [0.4, 0.5) is 10.5 Å². The van der Waals surface area contributed by atoms with E-state index in [1.165, 1.54) is 25.0 Å². The van der Waals surface area contributed by atoms with Crippen LogP contribution in [0.15, 0.2) is 24.3 Å². The number of urea groups is 1. The minimum absolute atomic E-state index is 0.171. The van der Waals surface area contributed by atoms with Crippen LogP contribution in [0.25, 0.3) is 0 Å². The molecule has 1 aromatic carbocycles. The fourth-order valence-corrected chi connectivity index (χ4v) is 3.50. The van der Waals surface area contributed by atoms with Gasteiger partial charge in [-0.2, -0.15) is 11.8 Å². The molecule has 0 atom stereocenters. The van der Waals surface area contributed by atoms with Crippen LogP contribution in [0.3, 0.4) is 0 Å². The number of hydrogen-bond donors (Lipinski definition) is 3. The highest BCUT2D eigenvalue weighted by atomic mass is 32.2. The molecule has 0 aliphatic heterocycles. The van der Waals surface area contributed by atoms with Crippen molar-refractivity contribution < 1.29 is 14.7 Å². The van der Waals surface area contributed by atoms with Gasteiger partial charge in [0.25, 0.3) is 0 Å². The number of benzene rings is 1. The van der Waals surface area contributed by atoms with Gasteiger partial charge in [0.2, 0.25) is 0 Å². The summed E-state index contributed by atoms with van der Waals surface area (Å²) < 4.78 is 0.171. The molecule has 1 aromatic rings. The molecule has 1 fully saturated rings. The first-order valence-electron chi connectivity index (χ1n) is 6.98. The molecule has 0 bridgehead atoms. The van der Waals surface area contributed by atoms with Gasteiger partial charge in [-0.05, 0) is 43.4 Å². The number of hydrogen-bond acceptors (Lipinski definition) is 3. The molecule has 0 aromatic heterocycles. The predicted molar refractivity (Wildman–Crippen MR) is 85.1 cm³/mol. The predicted octanol–water partition coefficient (Wildman–Crippen LogP) is 3.18. The fraction of sp³-hybridized carbons (Fsp3) is 0.467. The average Bonchev–Trinajstić information content (AvgIpc) is 2.95. The molecule has 0 radical (unpaired) electrons. The summed E-state index contributed by atoms with van der Waals surface area (Å²) in [5, 5.41) is 14.5. The van der Waals surface area contributed by atoms with Crippen molar-refractivity contribution in [2.75, 3.05) is 18.1 Å². The molecule has 0 spiro atoms. The Morgan fingerprint density at radius 3 is 2.38 bits per heavy atom. The lowest BCUT2D eigenvalue weighted by atomic mass is 10.1. The van der Waals surface area contributed by atoms with Crippen LogP contribution in [0, 0.1) is 0 Å². The molecule has 5 nitrogen and oxygen atoms in total. The number of amides is 2. The molecule has 21 heavy (non-hydrogen) atoms. The molecule has 6 heteroatoms. The second-order valence-electron chi connectivity index (χ2n) is 5.28. The first-order chi connectivity index (χ1) is 10.0. The van der Waals surface area contributed by atoms with E-state index in [1.54, 1.807) is 12.1 Å². The second kappa shape index (κ2) is 6.85. The van der Waals surface area contributed by atoms with Gasteiger partial charge in [0.1, 0.15) is 0 Å². The lowest BCUT2D eigenvalue weighted by molar-refractivity contribution is 0.0697. The molecular weight excluding hydrogens is 288 g/mol. The Bertz CT molecular complexity index is 510. The highest BCUT2D eigenvalue weighted by molar-refractivity contribution is 8.00. The summed E-state index contributed by atoms with van der Waals surface area (Å²) in [4.78, 5) is 22.6. The zero-order valence-corrected chi connectivity index (χ0v) is 12.8. The van der Waals surface area contributed by atoms with Gasteiger partial charge >= 0.3 is 12.0 Å². The lowest BCUT2D eigenvalue weighted by Gasteiger charge is -2.26. The maximum Gasteiger partial charge on any atom is 0.335 e. The SMILES string of the molecule is CSC1(CNC(=O)Nc2ccc(C(=O)O)cc2)CCCC1. The zero-order valence-electron chi connectivity index (χ0n) is 12.0. The highest BCUT2D eigenvalue weighted by Gasteiger charge is 2.33. The Labute approximate surface area is 128 Å². The summed E-state index contributed by atoms with van der Waals surface area (Å²) in [5.74, 6) is -0.978. The van der Waals surface area contributed by atoms with Gasteiger partial charge in [-0.1, -0.05) is 12.8 Å². The van der Waals surface area contributed by atoms with Crippen molar-refractivity contribution in [1.29, 1.82) is 0 Å². The van der Waals surface area contributed by atoms with Crippen LogP contribution in [-0.4, -0.2) is 34.7 Å². The minimum Gasteiger partial charge on any atom is -0.478 e. The number of thioether (sulfide) groups is 1. The molecule has 0 saturated heterocycles. The number of carboxylic acids is 1. The van der Waals surface area contributed by atoms with E-state index >= 15 is 0 Å². The summed E-state index contributed by atoms with van der Waals surface area (Å²) >= 11 is 1.83. The van der Waals surface area contributed by atoms with Gasteiger partial charge in [0.15, 0.2) is 0 Å². The van der Waals surface area contributed by atoms with Crippen LogP contribution < -0.4 is 10.6 Å². The Morgan fingerprint density at radius 1 is 1.24 bits per heavy atom. The fourth-order valence-electron chi connectivity index (χ4n) is 2.59. The molecule has 1 aliphatic carbocycles. The normalized spacial score (nSPS) is 16.4. The van der Waals surface area contributed by atoms with Crippen molar-refractivity contribution >= 4 is 29.4 Å². The average molecular weight is 308 g/mol. The first kappa shape index (κ1) is 15.7. The standard InChI is InChI=1S/C15H20N2O3S/c1-21-15(8-2-3-9-15)10-16-14(20)17-12-6-4-11(5-7-12)13(18)19/h4-7H,2-3,8-10H2,1H3,(H,18,19)(H2,16,17,20). The van der Waals surface area contributed by atoms with Crippen molar-refractivity contribution in [3.05, 3.63) is 29.8 Å². The van der Waals surface area contributed by atoms with E-state index in [0.29, 0.717) is 12.2 Å². The van der Waals surface area contributed by atoms with Crippen molar-refractivity contribution in [2.24, 2.45) is 0 Å². The summed E-state index contributed by atoms with van der Waals surface area (Å²) in [5.41, 5.74) is 0.787. The number of carboxylic acid groups (broad SMARTS) is 1. The second-order valence-corrected chi connectivity index (χ2v) is 6.56. The number of anilines is 1. The lowest BCUT2D eigenvalue weighted by Crippen LogP contribution is -2.40. The highest BCUT2D eigenvalue weighted by Crippen LogP contribution is 2.39. The molecule has 2 rings (SSSR count). The van der Waals surface area contributed by atoms with Crippen molar-refractivity contribution in [1.82, 2.24) is 5.32 Å². The molecule has 3 N–H and O–H groups in total. The molecule has 0 heterocycles. The van der Waals surface area contributed by atoms with E-state index in [1.807, 2.05) is 11.8 Å². The third kappa shape index (κ3) is 4.14. The number of aromatic carboxylic acids is 1. The van der Waals surface area contributed by atoms with E-state index in [-0.39, 0.29) is 16.3 Å². The van der Waals surface area contributed by atoms with Gasteiger partial charge in [0.05, 0.1) is 5.56 Å². The topological polar surface area (TPSA) is 78.4 Å². The molecule has 1 aliphatic rings. The van der Waals surface area contributed by atoms with E-state index < -0.39 is 5.97 Å². The smallest absolute Gasteiger partial charge is 0.335 e. The number of carbonyl (C=O) groups excluding carboxylic acids is 1. The third-order valence-electron chi connectivity index (χ3n) is 3.91. The van der Waals surface area contributed by atoms with E-state index in [4.69, 9.17) is 5.11 Å². The molecule has 1 saturated carbocycles. The summed E-state index contributed by atoms with van der Waals surface area (Å²) in [6.07, 6.45) is 6.82. The quantitative estimate of drug-likeness (QED) is 0.780. The zero-order chi connectivity index (χ0) is 15.3. The van der Waals surface area contributed by atoms with Crippen molar-refractivity contribution in [3.8, 4) is 0 Å². The molecule has 114 valence electrons. The molecule has 0 unspecified atom stereocenters. The van der Waals surface area contributed by atoms with Crippen LogP contribution in [-0.2, 0) is 0 Å². The van der Waals surface area contributed by atoms with Gasteiger partial charge in [-0.15, -0.1) is 0 Å². The van der Waals surface area contributed by atoms with Gasteiger partial charge < -0.3 is 15.7 Å². The summed E-state index contributed by atoms with van der Waals surface area (Å²) in [6.45, 7) is 0.660. The Kier molecular flexibility index (Phi) is 5.12. The van der Waals surface area contributed by atoms with Gasteiger partial charge in [-0.25, -0.2) is 9.59 Å². The largest absolute Gasteiger partial charge is 0.478 e. The maximum atomic E-state index is 11.9. The van der Waals surface area contributed by atoms with Crippen LogP contribution in [0.1, 0.15) is 36.0 Å². The van der Waals surface area contributed by atoms with E-state index in [2.05, 4.69) is 16.9 Å². The molecule has 2 amide bonds. The third-order valence-corrected chi connectivity index (χ3v) is 5.33. The number of carbonyl (C=O) groups is 2. The summed E-state index contributed by atoms with van der Waals surface area (Å²) in [6, 6.07) is 5.86. The van der Waals surface area contributed by atoms with Gasteiger partial charge in [0, 0.05) is 17.0 Å². The van der Waals surface area contributed by atoms with Crippen LogP contribution >= 0.6 is 11.8 Å². The van der Waals surface area contributed by atoms with Gasteiger partial charge in [-0.3, -0.25) is 0 Å². The van der Waals surface area contributed by atoms with Crippen LogP contribution in [0.2, 0.25) is 0 Å². The van der Waals surface area contributed by atoms with Crippen LogP contribution in [0.5, 0.6) is 0 Å². The maximum absolute atomic E-state index is 11.9. The van der Waals surface area contributed by atoms with E-state index in [9.17, 15) is 9.59 Å². The van der Waals surface area contributed by atoms with E-state index in [0.717, 1.165) is 12.8 Å².